The number of H-pyrrole nitrogens is 1. The van der Waals surface area contributed by atoms with Crippen LogP contribution >= 0.6 is 0 Å². The van der Waals surface area contributed by atoms with Crippen LogP contribution in [0.1, 0.15) is 11.5 Å². The van der Waals surface area contributed by atoms with E-state index in [1.54, 1.807) is 38.3 Å². The van der Waals surface area contributed by atoms with Crippen LogP contribution in [0.25, 0.3) is 22.4 Å². The molecule has 0 radical (unpaired) electrons. The monoisotopic (exact) mass is 419 g/mol. The summed E-state index contributed by atoms with van der Waals surface area (Å²) in [6.07, 6.45) is 2.47. The number of aromatic nitrogens is 3. The molecule has 0 aliphatic carbocycles. The third kappa shape index (κ3) is 4.55. The second-order valence-corrected chi connectivity index (χ2v) is 6.89. The van der Waals surface area contributed by atoms with Gasteiger partial charge in [0.05, 0.1) is 7.11 Å². The molecule has 9 nitrogen and oxygen atoms in total. The van der Waals surface area contributed by atoms with Crippen LogP contribution < -0.4 is 15.4 Å². The molecule has 0 unspecified atom stereocenters. The van der Waals surface area contributed by atoms with Crippen molar-refractivity contribution in [3.63, 3.8) is 0 Å². The number of ether oxygens (including phenoxy) is 1. The van der Waals surface area contributed by atoms with Crippen LogP contribution in [0.4, 0.5) is 5.69 Å². The number of aromatic amines is 1. The summed E-state index contributed by atoms with van der Waals surface area (Å²) in [6, 6.07) is 12.5. The van der Waals surface area contributed by atoms with Gasteiger partial charge in [-0.2, -0.15) is 0 Å². The summed E-state index contributed by atoms with van der Waals surface area (Å²) in [5, 5.41) is 14.0. The number of aryl methyl sites for hydroxylation is 1. The van der Waals surface area contributed by atoms with E-state index in [4.69, 9.17) is 9.15 Å². The number of carbonyl (C=O) groups excluding carboxylic acids is 2. The Kier molecular flexibility index (Phi) is 5.65. The predicted octanol–water partition coefficient (Wildman–Crippen LogP) is 2.83. The molecule has 0 atom stereocenters. The smallest absolute Gasteiger partial charge is 0.313 e. The Labute approximate surface area is 177 Å². The van der Waals surface area contributed by atoms with Crippen molar-refractivity contribution in [3.05, 3.63) is 60.1 Å². The summed E-state index contributed by atoms with van der Waals surface area (Å²) in [7, 11) is 1.62. The molecule has 9 heteroatoms. The second kappa shape index (κ2) is 8.70. The van der Waals surface area contributed by atoms with Crippen molar-refractivity contribution in [2.75, 3.05) is 19.0 Å². The van der Waals surface area contributed by atoms with Gasteiger partial charge in [0.2, 0.25) is 11.8 Å². The van der Waals surface area contributed by atoms with E-state index in [1.165, 1.54) is 0 Å². The summed E-state index contributed by atoms with van der Waals surface area (Å²) < 4.78 is 10.6. The third-order valence-electron chi connectivity index (χ3n) is 4.78. The van der Waals surface area contributed by atoms with Gasteiger partial charge in [0, 0.05) is 41.8 Å². The van der Waals surface area contributed by atoms with Crippen LogP contribution in [0.3, 0.4) is 0 Å². The molecule has 2 heterocycles. The van der Waals surface area contributed by atoms with Gasteiger partial charge < -0.3 is 24.8 Å². The molecule has 0 bridgehead atoms. The average Bonchev–Trinajstić information content (AvgIpc) is 3.40. The van der Waals surface area contributed by atoms with Crippen LogP contribution in [-0.2, 0) is 16.0 Å². The van der Waals surface area contributed by atoms with E-state index in [2.05, 4.69) is 25.8 Å². The number of benzene rings is 2. The Morgan fingerprint density at radius 1 is 1.10 bits per heavy atom. The number of carbonyl (C=O) groups is 2. The molecule has 0 saturated carbocycles. The summed E-state index contributed by atoms with van der Waals surface area (Å²) in [4.78, 5) is 27.5. The molecule has 0 aliphatic rings. The van der Waals surface area contributed by atoms with Crippen LogP contribution in [0, 0.1) is 6.92 Å². The number of anilines is 1. The zero-order chi connectivity index (χ0) is 21.8. The normalized spacial score (nSPS) is 10.8. The number of amides is 2. The number of hydrogen-bond donors (Lipinski definition) is 3. The summed E-state index contributed by atoms with van der Waals surface area (Å²) in [6.45, 7) is 2.03. The molecule has 3 N–H and O–H groups in total. The number of fused-ring (bicyclic) bond motifs is 1. The Morgan fingerprint density at radius 2 is 1.90 bits per heavy atom. The third-order valence-corrected chi connectivity index (χ3v) is 4.78. The van der Waals surface area contributed by atoms with Gasteiger partial charge in [-0.1, -0.05) is 0 Å². The fraction of sp³-hybridized carbons (Fsp3) is 0.182. The fourth-order valence-electron chi connectivity index (χ4n) is 3.18. The van der Waals surface area contributed by atoms with Crippen molar-refractivity contribution in [1.29, 1.82) is 0 Å². The van der Waals surface area contributed by atoms with Gasteiger partial charge in [-0.05, 0) is 54.4 Å². The minimum Gasteiger partial charge on any atom is -0.497 e. The lowest BCUT2D eigenvalue weighted by Crippen LogP contribution is -2.36. The van der Waals surface area contributed by atoms with Gasteiger partial charge in [-0.15, -0.1) is 10.2 Å². The predicted molar refractivity (Wildman–Crippen MR) is 115 cm³/mol. The van der Waals surface area contributed by atoms with Gasteiger partial charge in [-0.3, -0.25) is 9.59 Å². The molecule has 0 spiro atoms. The first-order valence-electron chi connectivity index (χ1n) is 9.67. The van der Waals surface area contributed by atoms with E-state index < -0.39 is 11.8 Å². The molecule has 31 heavy (non-hydrogen) atoms. The van der Waals surface area contributed by atoms with Crippen molar-refractivity contribution in [2.45, 2.75) is 13.3 Å². The highest BCUT2D eigenvalue weighted by molar-refractivity contribution is 6.39. The standard InChI is InChI=1S/C22H21N5O4/c1-13-26-27-22(31-13)14-3-5-16(6-4-14)25-21(29)20(28)23-10-9-15-12-24-19-8-7-17(30-2)11-18(15)19/h3-8,11-12,24H,9-10H2,1-2H3,(H,23,28)(H,25,29). The molecule has 4 aromatic rings. The maximum Gasteiger partial charge on any atom is 0.313 e. The van der Waals surface area contributed by atoms with Crippen molar-refractivity contribution in [3.8, 4) is 17.2 Å². The number of nitrogens with zero attached hydrogens (tertiary/aromatic N) is 2. The number of rotatable bonds is 6. The lowest BCUT2D eigenvalue weighted by molar-refractivity contribution is -0.136. The van der Waals surface area contributed by atoms with Gasteiger partial charge in [-0.25, -0.2) is 0 Å². The van der Waals surface area contributed by atoms with Gasteiger partial charge in [0.15, 0.2) is 0 Å². The fourth-order valence-corrected chi connectivity index (χ4v) is 3.18. The summed E-state index contributed by atoms with van der Waals surface area (Å²) in [5.41, 5.74) is 3.22. The molecule has 158 valence electrons. The maximum absolute atomic E-state index is 12.2. The number of hydrogen-bond acceptors (Lipinski definition) is 6. The molecule has 0 saturated heterocycles. The minimum absolute atomic E-state index is 0.325. The largest absolute Gasteiger partial charge is 0.497 e. The molecule has 2 aromatic carbocycles. The van der Waals surface area contributed by atoms with Crippen molar-refractivity contribution in [2.24, 2.45) is 0 Å². The summed E-state index contributed by atoms with van der Waals surface area (Å²) in [5.74, 6) is 0.187. The van der Waals surface area contributed by atoms with E-state index >= 15 is 0 Å². The molecule has 2 aromatic heterocycles. The Hall–Kier alpha value is -4.14. The van der Waals surface area contributed by atoms with Crippen LogP contribution in [0.15, 0.2) is 53.1 Å². The first-order chi connectivity index (χ1) is 15.0. The quantitative estimate of drug-likeness (QED) is 0.413. The molecular weight excluding hydrogens is 398 g/mol. The van der Waals surface area contributed by atoms with Crippen molar-refractivity contribution < 1.29 is 18.7 Å². The first kappa shape index (κ1) is 20.1. The van der Waals surface area contributed by atoms with Crippen molar-refractivity contribution >= 4 is 28.4 Å². The van der Waals surface area contributed by atoms with E-state index in [0.29, 0.717) is 30.4 Å². The van der Waals surface area contributed by atoms with Gasteiger partial charge >= 0.3 is 11.8 Å². The zero-order valence-electron chi connectivity index (χ0n) is 17.1. The van der Waals surface area contributed by atoms with Crippen LogP contribution in [-0.4, -0.2) is 40.7 Å². The Balaban J connectivity index is 1.30. The van der Waals surface area contributed by atoms with E-state index in [-0.39, 0.29) is 0 Å². The van der Waals surface area contributed by atoms with E-state index in [0.717, 1.165) is 27.8 Å². The van der Waals surface area contributed by atoms with E-state index in [9.17, 15) is 9.59 Å². The lowest BCUT2D eigenvalue weighted by Gasteiger charge is -2.07. The summed E-state index contributed by atoms with van der Waals surface area (Å²) >= 11 is 0. The van der Waals surface area contributed by atoms with Gasteiger partial charge in [0.1, 0.15) is 5.75 Å². The average molecular weight is 419 g/mol. The first-order valence-corrected chi connectivity index (χ1v) is 9.67. The lowest BCUT2D eigenvalue weighted by atomic mass is 10.1. The molecular formula is C22H21N5O4. The highest BCUT2D eigenvalue weighted by Gasteiger charge is 2.14. The highest BCUT2D eigenvalue weighted by atomic mass is 16.5. The number of nitrogens with one attached hydrogen (secondary N) is 3. The van der Waals surface area contributed by atoms with Crippen LogP contribution in [0.2, 0.25) is 0 Å². The van der Waals surface area contributed by atoms with E-state index in [1.807, 2.05) is 24.4 Å². The van der Waals surface area contributed by atoms with Crippen molar-refractivity contribution in [1.82, 2.24) is 20.5 Å². The van der Waals surface area contributed by atoms with Crippen LogP contribution in [0.5, 0.6) is 5.75 Å². The molecule has 4 rings (SSSR count). The molecule has 0 fully saturated rings. The maximum atomic E-state index is 12.2. The SMILES string of the molecule is COc1ccc2[nH]cc(CCNC(=O)C(=O)Nc3ccc(-c4nnc(C)o4)cc3)c2c1. The van der Waals surface area contributed by atoms with Gasteiger partial charge in [0.25, 0.3) is 0 Å². The zero-order valence-corrected chi connectivity index (χ0v) is 17.1. The molecule has 2 amide bonds. The molecule has 0 aliphatic heterocycles. The minimum atomic E-state index is -0.734. The topological polar surface area (TPSA) is 122 Å². The highest BCUT2D eigenvalue weighted by Crippen LogP contribution is 2.24. The Bertz CT molecular complexity index is 1230. The number of methoxy groups -OCH3 is 1. The Morgan fingerprint density at radius 3 is 2.61 bits per heavy atom. The second-order valence-electron chi connectivity index (χ2n) is 6.89.